The predicted molar refractivity (Wildman–Crippen MR) is 61.9 cm³/mol. The summed E-state index contributed by atoms with van der Waals surface area (Å²) in [6, 6.07) is 7.10. The Balaban J connectivity index is 2.91. The molecule has 0 aliphatic rings. The molecule has 0 unspecified atom stereocenters. The number of hydrogen-bond donors (Lipinski definition) is 0. The largest absolute Gasteiger partial charge is 0.460 e. The number of rotatable bonds is 1. The van der Waals surface area contributed by atoms with Gasteiger partial charge in [-0.1, -0.05) is 24.3 Å². The lowest BCUT2D eigenvalue weighted by Crippen LogP contribution is -2.00. The molecule has 0 aliphatic heterocycles. The van der Waals surface area contributed by atoms with Gasteiger partial charge in [-0.3, -0.25) is 4.79 Å². The second-order valence-corrected chi connectivity index (χ2v) is 3.45. The van der Waals surface area contributed by atoms with Gasteiger partial charge in [0.25, 0.3) is 0 Å². The average Bonchev–Trinajstić information content (AvgIpc) is 2.19. The lowest BCUT2D eigenvalue weighted by molar-refractivity contribution is 0.564. The SMILES string of the molecule is CC=Cc1cccc2c(=O)cc(C)oc12. The van der Waals surface area contributed by atoms with Crippen molar-refractivity contribution in [2.24, 2.45) is 0 Å². The van der Waals surface area contributed by atoms with Gasteiger partial charge in [-0.2, -0.15) is 0 Å². The van der Waals surface area contributed by atoms with Crippen LogP contribution in [0.5, 0.6) is 0 Å². The summed E-state index contributed by atoms with van der Waals surface area (Å²) in [4.78, 5) is 11.7. The van der Waals surface area contributed by atoms with Gasteiger partial charge in [0.15, 0.2) is 5.43 Å². The highest BCUT2D eigenvalue weighted by atomic mass is 16.3. The Kier molecular flexibility index (Phi) is 2.42. The molecule has 1 aromatic heterocycles. The normalized spacial score (nSPS) is 11.3. The molecule has 2 rings (SSSR count). The lowest BCUT2D eigenvalue weighted by atomic mass is 10.1. The van der Waals surface area contributed by atoms with E-state index in [4.69, 9.17) is 4.42 Å². The zero-order valence-electron chi connectivity index (χ0n) is 8.78. The van der Waals surface area contributed by atoms with Crippen molar-refractivity contribution in [2.45, 2.75) is 13.8 Å². The minimum atomic E-state index is 0.0140. The van der Waals surface area contributed by atoms with Crippen LogP contribution in [0.15, 0.2) is 39.6 Å². The van der Waals surface area contributed by atoms with Crippen LogP contribution in [-0.2, 0) is 0 Å². The third-order valence-corrected chi connectivity index (χ3v) is 2.25. The summed E-state index contributed by atoms with van der Waals surface area (Å²) in [6.45, 7) is 3.72. The summed E-state index contributed by atoms with van der Waals surface area (Å²) in [5.74, 6) is 0.643. The van der Waals surface area contributed by atoms with Gasteiger partial charge in [0.05, 0.1) is 5.39 Å². The Bertz CT molecular complexity index is 577. The van der Waals surface area contributed by atoms with Gasteiger partial charge in [-0.05, 0) is 19.9 Å². The second kappa shape index (κ2) is 3.73. The number of fused-ring (bicyclic) bond motifs is 1. The van der Waals surface area contributed by atoms with Crippen LogP contribution in [0, 0.1) is 6.92 Å². The highest BCUT2D eigenvalue weighted by molar-refractivity contribution is 5.85. The Morgan fingerprint density at radius 3 is 2.87 bits per heavy atom. The highest BCUT2D eigenvalue weighted by Crippen LogP contribution is 2.18. The molecule has 0 atom stereocenters. The van der Waals surface area contributed by atoms with Crippen LogP contribution in [0.3, 0.4) is 0 Å². The van der Waals surface area contributed by atoms with E-state index in [9.17, 15) is 4.79 Å². The Labute approximate surface area is 87.8 Å². The van der Waals surface area contributed by atoms with Crippen LogP contribution < -0.4 is 5.43 Å². The van der Waals surface area contributed by atoms with Gasteiger partial charge in [-0.15, -0.1) is 0 Å². The molecule has 1 aromatic carbocycles. The minimum Gasteiger partial charge on any atom is -0.460 e. The smallest absolute Gasteiger partial charge is 0.192 e. The standard InChI is InChI=1S/C13H12O2/c1-3-5-10-6-4-7-11-12(14)8-9(2)15-13(10)11/h3-8H,1-2H3. The molecule has 1 heterocycles. The van der Waals surface area contributed by atoms with E-state index < -0.39 is 0 Å². The summed E-state index contributed by atoms with van der Waals surface area (Å²) in [5.41, 5.74) is 1.62. The minimum absolute atomic E-state index is 0.0140. The summed E-state index contributed by atoms with van der Waals surface area (Å²) >= 11 is 0. The topological polar surface area (TPSA) is 30.2 Å². The van der Waals surface area contributed by atoms with E-state index in [0.29, 0.717) is 16.7 Å². The first-order valence-electron chi connectivity index (χ1n) is 4.88. The highest BCUT2D eigenvalue weighted by Gasteiger charge is 2.04. The van der Waals surface area contributed by atoms with Crippen LogP contribution in [0.4, 0.5) is 0 Å². The molecule has 0 aliphatic carbocycles. The maximum atomic E-state index is 11.7. The van der Waals surface area contributed by atoms with Crippen LogP contribution in [0.1, 0.15) is 18.2 Å². The van der Waals surface area contributed by atoms with Crippen molar-refractivity contribution in [2.75, 3.05) is 0 Å². The Morgan fingerprint density at radius 1 is 1.33 bits per heavy atom. The van der Waals surface area contributed by atoms with E-state index in [2.05, 4.69) is 0 Å². The molecular weight excluding hydrogens is 188 g/mol. The van der Waals surface area contributed by atoms with Crippen LogP contribution in [-0.4, -0.2) is 0 Å². The molecular formula is C13H12O2. The van der Waals surface area contributed by atoms with Crippen LogP contribution >= 0.6 is 0 Å². The van der Waals surface area contributed by atoms with Gasteiger partial charge in [-0.25, -0.2) is 0 Å². The van der Waals surface area contributed by atoms with Gasteiger partial charge in [0, 0.05) is 11.6 Å². The molecule has 0 bridgehead atoms. The Morgan fingerprint density at radius 2 is 2.13 bits per heavy atom. The number of aryl methyl sites for hydroxylation is 1. The van der Waals surface area contributed by atoms with Crippen LogP contribution in [0.2, 0.25) is 0 Å². The average molecular weight is 200 g/mol. The molecule has 76 valence electrons. The van der Waals surface area contributed by atoms with Gasteiger partial charge in [0.2, 0.25) is 0 Å². The summed E-state index contributed by atoms with van der Waals surface area (Å²) < 4.78 is 5.57. The molecule has 0 fully saturated rings. The fourth-order valence-electron chi connectivity index (χ4n) is 1.63. The lowest BCUT2D eigenvalue weighted by Gasteiger charge is -2.01. The van der Waals surface area contributed by atoms with E-state index >= 15 is 0 Å². The van der Waals surface area contributed by atoms with Crippen molar-refractivity contribution in [3.05, 3.63) is 51.9 Å². The molecule has 0 amide bonds. The van der Waals surface area contributed by atoms with Crippen molar-refractivity contribution < 1.29 is 4.42 Å². The first-order valence-corrected chi connectivity index (χ1v) is 4.88. The molecule has 0 N–H and O–H groups in total. The van der Waals surface area contributed by atoms with E-state index in [1.165, 1.54) is 6.07 Å². The monoisotopic (exact) mass is 200 g/mol. The summed E-state index contributed by atoms with van der Waals surface area (Å²) in [7, 11) is 0. The third kappa shape index (κ3) is 1.71. The molecule has 15 heavy (non-hydrogen) atoms. The molecule has 0 saturated heterocycles. The fourth-order valence-corrected chi connectivity index (χ4v) is 1.63. The van der Waals surface area contributed by atoms with Crippen LogP contribution in [0.25, 0.3) is 17.0 Å². The third-order valence-electron chi connectivity index (χ3n) is 2.25. The number of hydrogen-bond acceptors (Lipinski definition) is 2. The van der Waals surface area contributed by atoms with Gasteiger partial charge < -0.3 is 4.42 Å². The number of para-hydroxylation sites is 1. The van der Waals surface area contributed by atoms with Gasteiger partial charge >= 0.3 is 0 Å². The molecule has 2 nitrogen and oxygen atoms in total. The van der Waals surface area contributed by atoms with Crippen molar-refractivity contribution in [3.63, 3.8) is 0 Å². The van der Waals surface area contributed by atoms with E-state index in [1.807, 2.05) is 31.2 Å². The van der Waals surface area contributed by atoms with E-state index in [-0.39, 0.29) is 5.43 Å². The molecule has 0 radical (unpaired) electrons. The molecule has 0 saturated carbocycles. The van der Waals surface area contributed by atoms with E-state index in [0.717, 1.165) is 5.56 Å². The first-order chi connectivity index (χ1) is 7.22. The second-order valence-electron chi connectivity index (χ2n) is 3.45. The maximum absolute atomic E-state index is 11.7. The molecule has 2 aromatic rings. The van der Waals surface area contributed by atoms with Gasteiger partial charge in [0.1, 0.15) is 11.3 Å². The predicted octanol–water partition coefficient (Wildman–Crippen LogP) is 3.13. The Hall–Kier alpha value is -1.83. The number of allylic oxidation sites excluding steroid dienone is 1. The zero-order chi connectivity index (χ0) is 10.8. The summed E-state index contributed by atoms with van der Waals surface area (Å²) in [5, 5.41) is 0.635. The molecule has 0 spiro atoms. The van der Waals surface area contributed by atoms with Crippen molar-refractivity contribution >= 4 is 17.0 Å². The van der Waals surface area contributed by atoms with Crippen molar-refractivity contribution in [3.8, 4) is 0 Å². The molecule has 2 heteroatoms. The first kappa shape index (κ1) is 9.71. The fraction of sp³-hybridized carbons (Fsp3) is 0.154. The van der Waals surface area contributed by atoms with Crippen molar-refractivity contribution in [1.29, 1.82) is 0 Å². The zero-order valence-corrected chi connectivity index (χ0v) is 8.78. The quantitative estimate of drug-likeness (QED) is 0.707. The number of benzene rings is 1. The van der Waals surface area contributed by atoms with Crippen molar-refractivity contribution in [1.82, 2.24) is 0 Å². The summed E-state index contributed by atoms with van der Waals surface area (Å²) in [6.07, 6.45) is 3.86. The maximum Gasteiger partial charge on any atom is 0.192 e. The van der Waals surface area contributed by atoms with E-state index in [1.54, 1.807) is 13.0 Å².